The third kappa shape index (κ3) is 4.72. The number of benzene rings is 1. The number of sulfonamides is 1. The molecule has 0 radical (unpaired) electrons. The van der Waals surface area contributed by atoms with Crippen molar-refractivity contribution in [1.29, 1.82) is 0 Å². The van der Waals surface area contributed by atoms with E-state index in [4.69, 9.17) is 10.5 Å². The molecule has 3 N–H and O–H groups in total. The summed E-state index contributed by atoms with van der Waals surface area (Å²) in [7, 11) is -2.06. The van der Waals surface area contributed by atoms with Gasteiger partial charge in [0.2, 0.25) is 10.0 Å². The molecular formula is C13H22N2O3S. The van der Waals surface area contributed by atoms with Gasteiger partial charge in [0.05, 0.1) is 12.8 Å². The molecule has 0 aromatic heterocycles. The Morgan fingerprint density at radius 1 is 1.32 bits per heavy atom. The second-order valence-corrected chi connectivity index (χ2v) is 7.35. The van der Waals surface area contributed by atoms with Gasteiger partial charge >= 0.3 is 0 Å². The first-order valence-electron chi connectivity index (χ1n) is 6.09. The van der Waals surface area contributed by atoms with E-state index in [0.717, 1.165) is 6.42 Å². The predicted octanol–water partition coefficient (Wildman–Crippen LogP) is 1.99. The van der Waals surface area contributed by atoms with Crippen molar-refractivity contribution in [3.05, 3.63) is 18.2 Å². The van der Waals surface area contributed by atoms with Gasteiger partial charge in [0.25, 0.3) is 0 Å². The largest absolute Gasteiger partial charge is 0.497 e. The Bertz CT molecular complexity index is 533. The maximum atomic E-state index is 12.1. The molecular weight excluding hydrogens is 264 g/mol. The fourth-order valence-corrected chi connectivity index (χ4v) is 2.68. The van der Waals surface area contributed by atoms with Gasteiger partial charge in [-0.25, -0.2) is 13.1 Å². The van der Waals surface area contributed by atoms with Gasteiger partial charge in [-0.15, -0.1) is 0 Å². The number of rotatable bonds is 5. The number of ether oxygens (including phenoxy) is 1. The van der Waals surface area contributed by atoms with E-state index in [1.54, 1.807) is 6.07 Å². The molecule has 5 nitrogen and oxygen atoms in total. The summed E-state index contributed by atoms with van der Waals surface area (Å²) >= 11 is 0. The van der Waals surface area contributed by atoms with Crippen LogP contribution in [-0.4, -0.2) is 22.1 Å². The van der Waals surface area contributed by atoms with Crippen LogP contribution in [0.15, 0.2) is 23.1 Å². The van der Waals surface area contributed by atoms with Crippen LogP contribution in [0.25, 0.3) is 0 Å². The minimum Gasteiger partial charge on any atom is -0.497 e. The van der Waals surface area contributed by atoms with Gasteiger partial charge in [0.15, 0.2) is 0 Å². The van der Waals surface area contributed by atoms with Gasteiger partial charge in [-0.05, 0) is 24.0 Å². The zero-order chi connectivity index (χ0) is 14.7. The molecule has 0 saturated carbocycles. The third-order valence-electron chi connectivity index (χ3n) is 2.67. The minimum absolute atomic E-state index is 0.0774. The van der Waals surface area contributed by atoms with Crippen molar-refractivity contribution in [1.82, 2.24) is 4.72 Å². The number of nitrogen functional groups attached to an aromatic ring is 1. The van der Waals surface area contributed by atoms with Crippen LogP contribution in [0.2, 0.25) is 0 Å². The van der Waals surface area contributed by atoms with Crippen molar-refractivity contribution in [3.8, 4) is 5.75 Å². The van der Waals surface area contributed by atoms with E-state index in [-0.39, 0.29) is 16.0 Å². The van der Waals surface area contributed by atoms with Crippen molar-refractivity contribution in [3.63, 3.8) is 0 Å². The maximum Gasteiger partial charge on any atom is 0.242 e. The Morgan fingerprint density at radius 2 is 1.95 bits per heavy atom. The number of hydrogen-bond acceptors (Lipinski definition) is 4. The van der Waals surface area contributed by atoms with Crippen molar-refractivity contribution in [2.75, 3.05) is 19.4 Å². The molecule has 0 aliphatic heterocycles. The van der Waals surface area contributed by atoms with E-state index in [2.05, 4.69) is 25.5 Å². The lowest BCUT2D eigenvalue weighted by Gasteiger charge is -2.18. The molecule has 0 amide bonds. The second kappa shape index (κ2) is 5.79. The van der Waals surface area contributed by atoms with Gasteiger partial charge < -0.3 is 10.5 Å². The molecule has 0 fully saturated rings. The zero-order valence-corrected chi connectivity index (χ0v) is 12.7. The van der Waals surface area contributed by atoms with E-state index < -0.39 is 10.0 Å². The number of nitrogens with one attached hydrogen (secondary N) is 1. The van der Waals surface area contributed by atoms with E-state index in [1.165, 1.54) is 19.2 Å². The molecule has 6 heteroatoms. The molecule has 0 spiro atoms. The van der Waals surface area contributed by atoms with Crippen LogP contribution in [0.3, 0.4) is 0 Å². The highest BCUT2D eigenvalue weighted by atomic mass is 32.2. The monoisotopic (exact) mass is 286 g/mol. The quantitative estimate of drug-likeness (QED) is 0.811. The van der Waals surface area contributed by atoms with Crippen molar-refractivity contribution in [2.24, 2.45) is 5.41 Å². The molecule has 0 atom stereocenters. The number of methoxy groups -OCH3 is 1. The SMILES string of the molecule is COc1ccc(S(=O)(=O)NCCC(C)(C)C)c(N)c1. The van der Waals surface area contributed by atoms with Gasteiger partial charge in [-0.2, -0.15) is 0 Å². The zero-order valence-electron chi connectivity index (χ0n) is 11.9. The molecule has 0 aliphatic rings. The van der Waals surface area contributed by atoms with Gasteiger partial charge in [-0.3, -0.25) is 0 Å². The van der Waals surface area contributed by atoms with Crippen LogP contribution in [0.1, 0.15) is 27.2 Å². The van der Waals surface area contributed by atoms with Crippen LogP contribution in [0, 0.1) is 5.41 Å². The molecule has 1 aromatic rings. The first-order chi connectivity index (χ1) is 8.65. The Hall–Kier alpha value is -1.27. The Balaban J connectivity index is 2.83. The van der Waals surface area contributed by atoms with Crippen LogP contribution < -0.4 is 15.2 Å². The maximum absolute atomic E-state index is 12.1. The highest BCUT2D eigenvalue weighted by Crippen LogP contribution is 2.24. The molecule has 0 aliphatic carbocycles. The molecule has 19 heavy (non-hydrogen) atoms. The summed E-state index contributed by atoms with van der Waals surface area (Å²) in [4.78, 5) is 0.0854. The molecule has 108 valence electrons. The Labute approximate surface area is 115 Å². The fourth-order valence-electron chi connectivity index (χ4n) is 1.54. The molecule has 1 rings (SSSR count). The number of nitrogens with two attached hydrogens (primary N) is 1. The third-order valence-corrected chi connectivity index (χ3v) is 4.21. The van der Waals surface area contributed by atoms with Gasteiger partial charge in [0, 0.05) is 12.6 Å². The first kappa shape index (κ1) is 15.8. The molecule has 1 aromatic carbocycles. The first-order valence-corrected chi connectivity index (χ1v) is 7.57. The summed E-state index contributed by atoms with van der Waals surface area (Å²) in [6.07, 6.45) is 0.752. The van der Waals surface area contributed by atoms with Gasteiger partial charge in [-0.1, -0.05) is 20.8 Å². The molecule has 0 unspecified atom stereocenters. The molecule has 0 bridgehead atoms. The second-order valence-electron chi connectivity index (χ2n) is 5.61. The Morgan fingerprint density at radius 3 is 2.42 bits per heavy atom. The molecule has 0 saturated heterocycles. The number of hydrogen-bond donors (Lipinski definition) is 2. The Kier molecular flexibility index (Phi) is 4.81. The highest BCUT2D eigenvalue weighted by molar-refractivity contribution is 7.89. The number of anilines is 1. The molecule has 0 heterocycles. The van der Waals surface area contributed by atoms with Crippen LogP contribution >= 0.6 is 0 Å². The highest BCUT2D eigenvalue weighted by Gasteiger charge is 2.19. The predicted molar refractivity (Wildman–Crippen MR) is 76.7 cm³/mol. The van der Waals surface area contributed by atoms with E-state index >= 15 is 0 Å². The van der Waals surface area contributed by atoms with Crippen LogP contribution in [0.4, 0.5) is 5.69 Å². The van der Waals surface area contributed by atoms with Crippen molar-refractivity contribution in [2.45, 2.75) is 32.1 Å². The van der Waals surface area contributed by atoms with E-state index in [0.29, 0.717) is 12.3 Å². The van der Waals surface area contributed by atoms with Crippen LogP contribution in [-0.2, 0) is 10.0 Å². The fraction of sp³-hybridized carbons (Fsp3) is 0.538. The average Bonchev–Trinajstić information content (AvgIpc) is 2.26. The lowest BCUT2D eigenvalue weighted by molar-refractivity contribution is 0.378. The van der Waals surface area contributed by atoms with Crippen molar-refractivity contribution >= 4 is 15.7 Å². The van der Waals surface area contributed by atoms with Crippen LogP contribution in [0.5, 0.6) is 5.75 Å². The normalized spacial score (nSPS) is 12.4. The lowest BCUT2D eigenvalue weighted by Crippen LogP contribution is -2.28. The summed E-state index contributed by atoms with van der Waals surface area (Å²) < 4.78 is 31.8. The standard InChI is InChI=1S/C13H22N2O3S/c1-13(2,3)7-8-15-19(16,17)12-6-5-10(18-4)9-11(12)14/h5-6,9,15H,7-8,14H2,1-4H3. The summed E-state index contributed by atoms with van der Waals surface area (Å²) in [5, 5.41) is 0. The van der Waals surface area contributed by atoms with Crippen molar-refractivity contribution < 1.29 is 13.2 Å². The minimum atomic E-state index is -3.57. The lowest BCUT2D eigenvalue weighted by atomic mass is 9.93. The summed E-state index contributed by atoms with van der Waals surface area (Å²) in [5.41, 5.74) is 6.00. The summed E-state index contributed by atoms with van der Waals surface area (Å²) in [6.45, 7) is 6.56. The topological polar surface area (TPSA) is 81.4 Å². The van der Waals surface area contributed by atoms with E-state index in [9.17, 15) is 8.42 Å². The average molecular weight is 286 g/mol. The van der Waals surface area contributed by atoms with E-state index in [1.807, 2.05) is 0 Å². The summed E-state index contributed by atoms with van der Waals surface area (Å²) in [5.74, 6) is 0.533. The van der Waals surface area contributed by atoms with Gasteiger partial charge in [0.1, 0.15) is 10.6 Å². The summed E-state index contributed by atoms with van der Waals surface area (Å²) in [6, 6.07) is 4.53. The smallest absolute Gasteiger partial charge is 0.242 e.